The van der Waals surface area contributed by atoms with Crippen molar-refractivity contribution in [2.24, 2.45) is 0 Å². The van der Waals surface area contributed by atoms with Crippen LogP contribution in [0.1, 0.15) is 303 Å². The molecular weight excluding hydrogens is 1050 g/mol. The molecule has 0 spiro atoms. The van der Waals surface area contributed by atoms with E-state index in [1.54, 1.807) is 0 Å². The average Bonchev–Trinajstić information content (AvgIpc) is 3.51. The Bertz CT molecular complexity index is 1740. The molecule has 0 aliphatic carbocycles. The lowest BCUT2D eigenvalue weighted by atomic mass is 10.0. The summed E-state index contributed by atoms with van der Waals surface area (Å²) in [5, 5.41) is 3.03. The van der Waals surface area contributed by atoms with Crippen molar-refractivity contribution in [3.63, 3.8) is 0 Å². The number of allylic oxidation sites excluding steroid dienone is 15. The highest BCUT2D eigenvalue weighted by Gasteiger charge is 2.27. The van der Waals surface area contributed by atoms with Gasteiger partial charge in [0.1, 0.15) is 19.3 Å². The molecule has 10 heteroatoms. The van der Waals surface area contributed by atoms with Crippen molar-refractivity contribution in [3.8, 4) is 0 Å². The first kappa shape index (κ1) is 79.9. The summed E-state index contributed by atoms with van der Waals surface area (Å²) >= 11 is 0. The fourth-order valence-corrected chi connectivity index (χ4v) is 10.4. The molecule has 83 heavy (non-hydrogen) atoms. The van der Waals surface area contributed by atoms with Crippen molar-refractivity contribution >= 4 is 19.7 Å². The number of phosphoric ester groups is 1. The molecule has 0 aliphatic heterocycles. The number of carbonyl (C=O) groups is 2. The molecule has 3 atom stereocenters. The number of carbonyl (C=O) groups excluding carboxylic acids is 2. The van der Waals surface area contributed by atoms with E-state index < -0.39 is 26.6 Å². The van der Waals surface area contributed by atoms with Crippen LogP contribution in [-0.2, 0) is 27.9 Å². The first-order chi connectivity index (χ1) is 40.4. The maximum atomic E-state index is 13.6. The third-order valence-electron chi connectivity index (χ3n) is 15.0. The van der Waals surface area contributed by atoms with Crippen LogP contribution in [0.5, 0.6) is 0 Å². The molecule has 1 amide bonds. The molecule has 0 fully saturated rings. The van der Waals surface area contributed by atoms with Gasteiger partial charge < -0.3 is 28.5 Å². The molecular formula is C73H131N2O7P. The molecule has 3 unspecified atom stereocenters. The fraction of sp³-hybridized carbons (Fsp3) is 0.753. The predicted octanol–water partition coefficient (Wildman–Crippen LogP) is 21.3. The van der Waals surface area contributed by atoms with Crippen molar-refractivity contribution in [2.45, 2.75) is 315 Å². The zero-order valence-corrected chi connectivity index (χ0v) is 55.8. The van der Waals surface area contributed by atoms with E-state index in [1.165, 1.54) is 148 Å². The molecule has 0 saturated carbocycles. The molecule has 0 radical (unpaired) electrons. The highest BCUT2D eigenvalue weighted by atomic mass is 31.2. The third kappa shape index (κ3) is 63.3. The fourth-order valence-electron chi connectivity index (χ4n) is 9.63. The third-order valence-corrected chi connectivity index (χ3v) is 16.0. The Labute approximate surface area is 513 Å². The van der Waals surface area contributed by atoms with Gasteiger partial charge in [0.05, 0.1) is 33.8 Å². The summed E-state index contributed by atoms with van der Waals surface area (Å²) in [6, 6.07) is -0.902. The van der Waals surface area contributed by atoms with Crippen LogP contribution in [0.3, 0.4) is 0 Å². The van der Waals surface area contributed by atoms with Crippen LogP contribution in [0.2, 0.25) is 0 Å². The number of hydrogen-bond acceptors (Lipinski definition) is 7. The zero-order valence-electron chi connectivity index (χ0n) is 54.9. The van der Waals surface area contributed by atoms with Gasteiger partial charge in [0, 0.05) is 12.8 Å². The number of quaternary nitrogens is 1. The lowest BCUT2D eigenvalue weighted by Crippen LogP contribution is -2.47. The van der Waals surface area contributed by atoms with Crippen LogP contribution >= 0.6 is 7.82 Å². The molecule has 0 aromatic rings. The van der Waals surface area contributed by atoms with E-state index in [-0.39, 0.29) is 24.9 Å². The lowest BCUT2D eigenvalue weighted by molar-refractivity contribution is -0.870. The molecule has 480 valence electrons. The number of nitrogens with zero attached hydrogens (tertiary/aromatic N) is 1. The minimum atomic E-state index is -4.71. The normalized spacial score (nSPS) is 14.2. The van der Waals surface area contributed by atoms with Gasteiger partial charge in [-0.05, 0) is 115 Å². The van der Waals surface area contributed by atoms with E-state index in [0.29, 0.717) is 17.4 Å². The van der Waals surface area contributed by atoms with Gasteiger partial charge in [0.25, 0.3) is 7.82 Å². The number of esters is 1. The smallest absolute Gasteiger partial charge is 0.306 e. The quantitative estimate of drug-likeness (QED) is 0.0212. The lowest BCUT2D eigenvalue weighted by Gasteiger charge is -2.30. The van der Waals surface area contributed by atoms with Gasteiger partial charge in [0.15, 0.2) is 0 Å². The van der Waals surface area contributed by atoms with Crippen molar-refractivity contribution in [1.82, 2.24) is 5.32 Å². The Hall–Kier alpha value is -3.07. The van der Waals surface area contributed by atoms with Crippen LogP contribution in [0.4, 0.5) is 0 Å². The van der Waals surface area contributed by atoms with Gasteiger partial charge in [-0.15, -0.1) is 0 Å². The minimum absolute atomic E-state index is 0.0293. The summed E-state index contributed by atoms with van der Waals surface area (Å²) in [4.78, 5) is 40.1. The summed E-state index contributed by atoms with van der Waals surface area (Å²) < 4.78 is 30.4. The molecule has 0 bridgehead atoms. The van der Waals surface area contributed by atoms with E-state index in [9.17, 15) is 19.0 Å². The molecule has 1 N–H and O–H groups in total. The van der Waals surface area contributed by atoms with Crippen LogP contribution < -0.4 is 10.2 Å². The summed E-state index contributed by atoms with van der Waals surface area (Å²) in [5.74, 6) is -0.558. The van der Waals surface area contributed by atoms with Gasteiger partial charge in [-0.1, -0.05) is 272 Å². The molecule has 0 aromatic heterocycles. The van der Waals surface area contributed by atoms with Crippen LogP contribution in [0.25, 0.3) is 0 Å². The Kier molecular flexibility index (Phi) is 59.7. The average molecular weight is 1180 g/mol. The number of unbranched alkanes of at least 4 members (excludes halogenated alkanes) is 32. The minimum Gasteiger partial charge on any atom is -0.756 e. The molecule has 0 rings (SSSR count). The number of nitrogens with one attached hydrogen (secondary N) is 1. The Balaban J connectivity index is 5.07. The second-order valence-corrected chi connectivity index (χ2v) is 25.7. The van der Waals surface area contributed by atoms with Crippen molar-refractivity contribution < 1.29 is 37.3 Å². The van der Waals surface area contributed by atoms with Crippen LogP contribution in [0.15, 0.2) is 97.2 Å². The summed E-state index contributed by atoms with van der Waals surface area (Å²) in [6.45, 7) is 6.78. The maximum absolute atomic E-state index is 13.6. The first-order valence-electron chi connectivity index (χ1n) is 34.5. The summed E-state index contributed by atoms with van der Waals surface area (Å²) in [6.07, 6.45) is 83.8. The van der Waals surface area contributed by atoms with Crippen molar-refractivity contribution in [1.29, 1.82) is 0 Å². The van der Waals surface area contributed by atoms with E-state index in [1.807, 2.05) is 33.3 Å². The number of amides is 1. The molecule has 0 aromatic carbocycles. The number of phosphoric acid groups is 1. The number of ether oxygens (including phenoxy) is 1. The Morgan fingerprint density at radius 2 is 0.735 bits per heavy atom. The van der Waals surface area contributed by atoms with E-state index >= 15 is 0 Å². The molecule has 0 heterocycles. The zero-order chi connectivity index (χ0) is 60.7. The Morgan fingerprint density at radius 1 is 0.422 bits per heavy atom. The molecule has 0 saturated heterocycles. The molecule has 9 nitrogen and oxygen atoms in total. The topological polar surface area (TPSA) is 114 Å². The van der Waals surface area contributed by atoms with Crippen molar-refractivity contribution in [2.75, 3.05) is 40.9 Å². The summed E-state index contributed by atoms with van der Waals surface area (Å²) in [5.41, 5.74) is 0. The highest BCUT2D eigenvalue weighted by Crippen LogP contribution is 2.38. The largest absolute Gasteiger partial charge is 0.756 e. The summed E-state index contributed by atoms with van der Waals surface area (Å²) in [7, 11) is 1.17. The van der Waals surface area contributed by atoms with Gasteiger partial charge in [0.2, 0.25) is 5.91 Å². The SMILES string of the molecule is CCCCC/C=C\C/C=C\C/C=C\C/C=C\CCCCCCCCCCCCCC(=O)OC(/C=C\CCCCCCCCCCC)C(COP(=O)([O-])OCC[N+](C)(C)C)NC(=O)CCCCCCCC/C=C\C/C=C\C/C=C\CCCCC. The monoisotopic (exact) mass is 1180 g/mol. The first-order valence-corrected chi connectivity index (χ1v) is 36.0. The maximum Gasteiger partial charge on any atom is 0.306 e. The van der Waals surface area contributed by atoms with Crippen molar-refractivity contribution in [3.05, 3.63) is 97.2 Å². The van der Waals surface area contributed by atoms with Crippen LogP contribution in [0, 0.1) is 0 Å². The number of likely N-dealkylation sites (N-methyl/N-ethyl adjacent to an activating group) is 1. The van der Waals surface area contributed by atoms with Crippen LogP contribution in [-0.4, -0.2) is 69.4 Å². The van der Waals surface area contributed by atoms with Gasteiger partial charge in [-0.25, -0.2) is 0 Å². The van der Waals surface area contributed by atoms with Gasteiger partial charge >= 0.3 is 5.97 Å². The second kappa shape index (κ2) is 62.0. The van der Waals surface area contributed by atoms with Gasteiger partial charge in [-0.2, -0.15) is 0 Å². The predicted molar refractivity (Wildman–Crippen MR) is 358 cm³/mol. The second-order valence-electron chi connectivity index (χ2n) is 24.3. The van der Waals surface area contributed by atoms with E-state index in [2.05, 4.69) is 111 Å². The highest BCUT2D eigenvalue weighted by molar-refractivity contribution is 7.45. The molecule has 0 aliphatic rings. The van der Waals surface area contributed by atoms with E-state index in [4.69, 9.17) is 13.8 Å². The Morgan fingerprint density at radius 3 is 1.12 bits per heavy atom. The van der Waals surface area contributed by atoms with E-state index in [0.717, 1.165) is 122 Å². The standard InChI is InChI=1S/C73H131N2O7P/c1-7-10-13-16-19-22-25-27-29-31-33-34-35-36-37-38-39-40-42-44-46-48-51-54-57-60-63-66-73(77)82-71(64-61-58-55-52-49-24-21-18-15-12-9-3)70(69-81-83(78,79)80-68-67-75(4,5)6)74-72(76)65-62-59-56-53-50-47-45-43-41-32-30-28-26-23-20-17-14-11-8-2/h19-20,22-23,27-30,33-34,36-37,41,43,61,64,70-71H,7-18,21,24-26,31-32,35,38-40,42,44-60,62-63,65-69H2,1-6H3,(H-,74,76,78,79)/b22-19-,23-20-,29-27-,30-28-,34-33-,37-36-,43-41-,64-61-. The van der Waals surface area contributed by atoms with Gasteiger partial charge in [-0.3, -0.25) is 14.2 Å². The number of rotatable bonds is 62. The number of hydrogen-bond donors (Lipinski definition) is 1.